The van der Waals surface area contributed by atoms with E-state index in [4.69, 9.17) is 16.3 Å². The lowest BCUT2D eigenvalue weighted by Gasteiger charge is -2.09. The number of nitrogens with one attached hydrogen (secondary N) is 3. The van der Waals surface area contributed by atoms with Gasteiger partial charge in [-0.05, 0) is 31.2 Å². The van der Waals surface area contributed by atoms with Crippen LogP contribution in [0.2, 0.25) is 5.02 Å². The van der Waals surface area contributed by atoms with Gasteiger partial charge in [0.05, 0.1) is 17.0 Å². The van der Waals surface area contributed by atoms with Crippen molar-refractivity contribution < 1.29 is 28.7 Å². The maximum absolute atomic E-state index is 11.9. The van der Waals surface area contributed by atoms with E-state index in [9.17, 15) is 24.0 Å². The molecule has 2 rings (SSSR count). The first-order valence-corrected chi connectivity index (χ1v) is 9.54. The third-order valence-corrected chi connectivity index (χ3v) is 4.24. The van der Waals surface area contributed by atoms with Gasteiger partial charge in [0, 0.05) is 17.7 Å². The molecule has 10 heteroatoms. The van der Waals surface area contributed by atoms with E-state index in [-0.39, 0.29) is 29.2 Å². The average molecular weight is 446 g/mol. The largest absolute Gasteiger partial charge is 0.455 e. The second-order valence-corrected chi connectivity index (χ2v) is 6.74. The van der Waals surface area contributed by atoms with Crippen LogP contribution in [0.4, 0.5) is 5.69 Å². The molecule has 0 saturated carbocycles. The maximum atomic E-state index is 11.9. The van der Waals surface area contributed by atoms with Gasteiger partial charge in [0.2, 0.25) is 5.91 Å². The Labute approximate surface area is 183 Å². The van der Waals surface area contributed by atoms with Gasteiger partial charge in [-0.15, -0.1) is 0 Å². The zero-order valence-corrected chi connectivity index (χ0v) is 17.3. The summed E-state index contributed by atoms with van der Waals surface area (Å²) in [6.45, 7) is 0.777. The van der Waals surface area contributed by atoms with Crippen molar-refractivity contribution in [3.63, 3.8) is 0 Å². The summed E-state index contributed by atoms with van der Waals surface area (Å²) in [6.07, 6.45) is -0.425. The summed E-state index contributed by atoms with van der Waals surface area (Å²) >= 11 is 5.88. The molecular formula is C21H20ClN3O6. The minimum atomic E-state index is -0.765. The van der Waals surface area contributed by atoms with Gasteiger partial charge in [-0.25, -0.2) is 0 Å². The van der Waals surface area contributed by atoms with Crippen molar-refractivity contribution in [3.8, 4) is 0 Å². The first-order chi connectivity index (χ1) is 14.8. The molecule has 9 nitrogen and oxygen atoms in total. The van der Waals surface area contributed by atoms with Crippen LogP contribution in [-0.4, -0.2) is 36.1 Å². The monoisotopic (exact) mass is 445 g/mol. The number of halogens is 1. The number of hydrogen-bond donors (Lipinski definition) is 3. The van der Waals surface area contributed by atoms with Gasteiger partial charge >= 0.3 is 5.97 Å². The Morgan fingerprint density at radius 2 is 1.65 bits per heavy atom. The van der Waals surface area contributed by atoms with Gasteiger partial charge < -0.3 is 10.1 Å². The molecule has 0 fully saturated rings. The molecule has 0 aliphatic heterocycles. The summed E-state index contributed by atoms with van der Waals surface area (Å²) in [5.74, 6) is -2.75. The first kappa shape index (κ1) is 23.6. The summed E-state index contributed by atoms with van der Waals surface area (Å²) in [5, 5.41) is 2.79. The molecule has 0 heterocycles. The van der Waals surface area contributed by atoms with Crippen LogP contribution in [0.3, 0.4) is 0 Å². The van der Waals surface area contributed by atoms with Crippen LogP contribution < -0.4 is 16.2 Å². The Morgan fingerprint density at radius 3 is 2.35 bits per heavy atom. The number of amides is 3. The standard InChI is InChI=1S/C21H20ClN3O6/c1-13(26)14-5-4-6-15(11-14)23-18(27)9-10-20(29)31-12-19(28)24-25-21(30)16-7-2-3-8-17(16)22/h2-8,11H,9-10,12H2,1H3,(H,23,27)(H,24,28)(H,25,30). The van der Waals surface area contributed by atoms with Crippen molar-refractivity contribution in [1.29, 1.82) is 0 Å². The summed E-state index contributed by atoms with van der Waals surface area (Å²) < 4.78 is 4.76. The second kappa shape index (κ2) is 11.5. The van der Waals surface area contributed by atoms with Crippen molar-refractivity contribution in [2.75, 3.05) is 11.9 Å². The number of ether oxygens (including phenoxy) is 1. The van der Waals surface area contributed by atoms with Crippen LogP contribution in [0.15, 0.2) is 48.5 Å². The van der Waals surface area contributed by atoms with Crippen LogP contribution in [0.25, 0.3) is 0 Å². The molecule has 162 valence electrons. The Morgan fingerprint density at radius 1 is 0.903 bits per heavy atom. The van der Waals surface area contributed by atoms with Crippen LogP contribution in [0.5, 0.6) is 0 Å². The molecule has 0 spiro atoms. The van der Waals surface area contributed by atoms with Crippen LogP contribution >= 0.6 is 11.6 Å². The van der Waals surface area contributed by atoms with E-state index in [1.807, 2.05) is 0 Å². The van der Waals surface area contributed by atoms with Gasteiger partial charge in [-0.3, -0.25) is 34.8 Å². The third-order valence-electron chi connectivity index (χ3n) is 3.91. The highest BCUT2D eigenvalue weighted by atomic mass is 35.5. The Kier molecular flexibility index (Phi) is 8.71. The molecule has 2 aromatic rings. The lowest BCUT2D eigenvalue weighted by molar-refractivity contribution is -0.149. The second-order valence-electron chi connectivity index (χ2n) is 6.33. The van der Waals surface area contributed by atoms with Gasteiger partial charge in [-0.1, -0.05) is 35.9 Å². The molecule has 3 N–H and O–H groups in total. The molecule has 3 amide bonds. The molecule has 0 aromatic heterocycles. The Bertz CT molecular complexity index is 1010. The van der Waals surface area contributed by atoms with E-state index in [1.54, 1.807) is 30.3 Å². The van der Waals surface area contributed by atoms with E-state index < -0.39 is 30.3 Å². The van der Waals surface area contributed by atoms with Gasteiger partial charge in [0.15, 0.2) is 12.4 Å². The van der Waals surface area contributed by atoms with E-state index in [1.165, 1.54) is 25.1 Å². The molecule has 0 atom stereocenters. The number of ketones is 1. The topological polar surface area (TPSA) is 131 Å². The fourth-order valence-electron chi connectivity index (χ4n) is 2.35. The molecule has 0 unspecified atom stereocenters. The smallest absolute Gasteiger partial charge is 0.306 e. The molecule has 0 bridgehead atoms. The molecule has 0 aliphatic rings. The predicted octanol–water partition coefficient (Wildman–Crippen LogP) is 2.27. The van der Waals surface area contributed by atoms with Gasteiger partial charge in [0.1, 0.15) is 0 Å². The SMILES string of the molecule is CC(=O)c1cccc(NC(=O)CCC(=O)OCC(=O)NNC(=O)c2ccccc2Cl)c1. The highest BCUT2D eigenvalue weighted by molar-refractivity contribution is 6.33. The first-order valence-electron chi connectivity index (χ1n) is 9.16. The Balaban J connectivity index is 1.68. The fraction of sp³-hybridized carbons (Fsp3) is 0.190. The summed E-state index contributed by atoms with van der Waals surface area (Å²) in [6, 6.07) is 12.7. The van der Waals surface area contributed by atoms with Crippen molar-refractivity contribution >= 4 is 46.8 Å². The van der Waals surface area contributed by atoms with Crippen molar-refractivity contribution in [2.24, 2.45) is 0 Å². The molecule has 0 aliphatic carbocycles. The molecule has 0 saturated heterocycles. The number of rotatable bonds is 8. The summed E-state index contributed by atoms with van der Waals surface area (Å²) in [4.78, 5) is 58.6. The summed E-state index contributed by atoms with van der Waals surface area (Å²) in [5.41, 5.74) is 5.29. The normalized spacial score (nSPS) is 10.0. The highest BCUT2D eigenvalue weighted by Crippen LogP contribution is 2.14. The minimum Gasteiger partial charge on any atom is -0.455 e. The van der Waals surface area contributed by atoms with Gasteiger partial charge in [-0.2, -0.15) is 0 Å². The zero-order valence-electron chi connectivity index (χ0n) is 16.6. The minimum absolute atomic E-state index is 0.138. The Hall–Kier alpha value is -3.72. The van der Waals surface area contributed by atoms with Crippen molar-refractivity contribution in [3.05, 3.63) is 64.7 Å². The number of benzene rings is 2. The van der Waals surface area contributed by atoms with Crippen LogP contribution in [0, 0.1) is 0 Å². The van der Waals surface area contributed by atoms with E-state index in [0.29, 0.717) is 11.3 Å². The maximum Gasteiger partial charge on any atom is 0.306 e. The predicted molar refractivity (Wildman–Crippen MR) is 112 cm³/mol. The number of hydrazine groups is 1. The number of carbonyl (C=O) groups excluding carboxylic acids is 5. The summed E-state index contributed by atoms with van der Waals surface area (Å²) in [7, 11) is 0. The van der Waals surface area contributed by atoms with Crippen LogP contribution in [0.1, 0.15) is 40.5 Å². The van der Waals surface area contributed by atoms with Crippen molar-refractivity contribution in [1.82, 2.24) is 10.9 Å². The fourth-order valence-corrected chi connectivity index (χ4v) is 2.57. The number of Topliss-reactive ketones (excluding diaryl/α,β-unsaturated/α-hetero) is 1. The third kappa shape index (κ3) is 7.90. The number of carbonyl (C=O) groups is 5. The molecule has 2 aromatic carbocycles. The van der Waals surface area contributed by atoms with E-state index in [2.05, 4.69) is 16.2 Å². The highest BCUT2D eigenvalue weighted by Gasteiger charge is 2.13. The lowest BCUT2D eigenvalue weighted by Crippen LogP contribution is -2.43. The quantitative estimate of drug-likeness (QED) is 0.324. The number of esters is 1. The molecule has 0 radical (unpaired) electrons. The number of anilines is 1. The average Bonchev–Trinajstić information content (AvgIpc) is 2.75. The van der Waals surface area contributed by atoms with Gasteiger partial charge in [0.25, 0.3) is 11.8 Å². The van der Waals surface area contributed by atoms with Crippen molar-refractivity contribution in [2.45, 2.75) is 19.8 Å². The lowest BCUT2D eigenvalue weighted by atomic mass is 10.1. The molecular weight excluding hydrogens is 426 g/mol. The zero-order chi connectivity index (χ0) is 22.8. The number of hydrogen-bond acceptors (Lipinski definition) is 6. The molecule has 31 heavy (non-hydrogen) atoms. The van der Waals surface area contributed by atoms with Crippen LogP contribution in [-0.2, 0) is 19.1 Å². The van der Waals surface area contributed by atoms with E-state index >= 15 is 0 Å². The van der Waals surface area contributed by atoms with E-state index in [0.717, 1.165) is 0 Å².